The van der Waals surface area contributed by atoms with Crippen molar-refractivity contribution in [2.45, 2.75) is 36.9 Å². The van der Waals surface area contributed by atoms with Crippen molar-refractivity contribution in [3.8, 4) is 0 Å². The highest BCUT2D eigenvalue weighted by molar-refractivity contribution is 7.89. The molecular weight excluding hydrogens is 436 g/mol. The Morgan fingerprint density at radius 1 is 1.10 bits per heavy atom. The first-order chi connectivity index (χ1) is 14.5. The number of sulfonamides is 1. The maximum atomic E-state index is 13.1. The van der Waals surface area contributed by atoms with Crippen LogP contribution in [0.3, 0.4) is 0 Å². The molecule has 0 aliphatic carbocycles. The molecule has 1 fully saturated rings. The molecular formula is C21H22F4N2O3S. The number of nitrogens with zero attached hydrogens (tertiary/aromatic N) is 1. The number of nitrogens with one attached hydrogen (secondary N) is 1. The van der Waals surface area contributed by atoms with Crippen molar-refractivity contribution < 1.29 is 30.8 Å². The van der Waals surface area contributed by atoms with Crippen LogP contribution in [0.25, 0.3) is 0 Å². The molecule has 0 saturated carbocycles. The Kier molecular flexibility index (Phi) is 6.70. The normalized spacial score (nSPS) is 17.3. The molecule has 1 heterocycles. The number of piperidine rings is 1. The Balaban J connectivity index is 1.60. The molecule has 1 unspecified atom stereocenters. The van der Waals surface area contributed by atoms with E-state index in [4.69, 9.17) is 0 Å². The van der Waals surface area contributed by atoms with Crippen LogP contribution in [0.1, 0.15) is 36.9 Å². The molecule has 2 aromatic carbocycles. The minimum Gasteiger partial charge on any atom is -0.349 e. The van der Waals surface area contributed by atoms with Gasteiger partial charge in [0.25, 0.3) is 0 Å². The number of benzene rings is 2. The van der Waals surface area contributed by atoms with Gasteiger partial charge in [0.2, 0.25) is 15.9 Å². The van der Waals surface area contributed by atoms with E-state index in [1.807, 2.05) is 0 Å². The van der Waals surface area contributed by atoms with Crippen LogP contribution in [0.5, 0.6) is 0 Å². The number of halogens is 4. The summed E-state index contributed by atoms with van der Waals surface area (Å²) in [5.41, 5.74) is -0.454. The minimum atomic E-state index is -4.47. The number of alkyl halides is 3. The van der Waals surface area contributed by atoms with Gasteiger partial charge in [-0.2, -0.15) is 17.5 Å². The third kappa shape index (κ3) is 5.43. The van der Waals surface area contributed by atoms with Gasteiger partial charge in [0.1, 0.15) is 5.82 Å². The summed E-state index contributed by atoms with van der Waals surface area (Å²) in [7, 11) is -3.78. The largest absolute Gasteiger partial charge is 0.416 e. The molecule has 0 aromatic heterocycles. The molecule has 1 atom stereocenters. The van der Waals surface area contributed by atoms with E-state index >= 15 is 0 Å². The lowest BCUT2D eigenvalue weighted by Gasteiger charge is -2.31. The zero-order valence-electron chi connectivity index (χ0n) is 16.7. The molecule has 3 rings (SSSR count). The highest BCUT2D eigenvalue weighted by Gasteiger charge is 2.33. The van der Waals surface area contributed by atoms with Crippen molar-refractivity contribution in [3.05, 3.63) is 65.5 Å². The number of amides is 1. The molecule has 1 saturated heterocycles. The molecule has 31 heavy (non-hydrogen) atoms. The van der Waals surface area contributed by atoms with E-state index in [9.17, 15) is 30.8 Å². The molecule has 5 nitrogen and oxygen atoms in total. The topological polar surface area (TPSA) is 66.5 Å². The fourth-order valence-electron chi connectivity index (χ4n) is 3.51. The summed E-state index contributed by atoms with van der Waals surface area (Å²) in [5.74, 6) is -1.32. The summed E-state index contributed by atoms with van der Waals surface area (Å²) < 4.78 is 78.3. The first-order valence-corrected chi connectivity index (χ1v) is 11.2. The van der Waals surface area contributed by atoms with Gasteiger partial charge < -0.3 is 5.32 Å². The Hall–Kier alpha value is -2.46. The van der Waals surface area contributed by atoms with Crippen LogP contribution in [0.2, 0.25) is 0 Å². The van der Waals surface area contributed by atoms with Crippen molar-refractivity contribution in [1.82, 2.24) is 9.62 Å². The van der Waals surface area contributed by atoms with Gasteiger partial charge >= 0.3 is 6.18 Å². The first kappa shape index (κ1) is 23.2. The second-order valence-corrected chi connectivity index (χ2v) is 9.42. The van der Waals surface area contributed by atoms with Crippen molar-refractivity contribution in [3.63, 3.8) is 0 Å². The molecule has 1 aliphatic rings. The third-order valence-corrected chi connectivity index (χ3v) is 7.26. The molecule has 0 spiro atoms. The van der Waals surface area contributed by atoms with Crippen LogP contribution >= 0.6 is 0 Å². The van der Waals surface area contributed by atoms with E-state index in [1.165, 1.54) is 28.6 Å². The molecule has 2 aromatic rings. The first-order valence-electron chi connectivity index (χ1n) is 9.72. The molecule has 1 amide bonds. The van der Waals surface area contributed by atoms with E-state index in [0.29, 0.717) is 5.56 Å². The quantitative estimate of drug-likeness (QED) is 0.686. The second kappa shape index (κ2) is 8.96. The van der Waals surface area contributed by atoms with Crippen LogP contribution in [-0.4, -0.2) is 31.7 Å². The van der Waals surface area contributed by atoms with Crippen LogP contribution in [0.4, 0.5) is 17.6 Å². The van der Waals surface area contributed by atoms with Gasteiger partial charge in [-0.15, -0.1) is 0 Å². The Morgan fingerprint density at radius 3 is 2.29 bits per heavy atom. The van der Waals surface area contributed by atoms with Gasteiger partial charge in [0.05, 0.1) is 16.5 Å². The highest BCUT2D eigenvalue weighted by atomic mass is 32.2. The van der Waals surface area contributed by atoms with Gasteiger partial charge in [-0.25, -0.2) is 12.8 Å². The third-order valence-electron chi connectivity index (χ3n) is 5.35. The van der Waals surface area contributed by atoms with E-state index in [1.54, 1.807) is 6.92 Å². The second-order valence-electron chi connectivity index (χ2n) is 7.49. The molecule has 1 N–H and O–H groups in total. The number of hydrogen-bond donors (Lipinski definition) is 1. The SMILES string of the molecule is CC(NC(=O)C1CCN(S(=O)(=O)c2ccc(F)cc2)CC1)c1cccc(C(F)(F)F)c1. The lowest BCUT2D eigenvalue weighted by Crippen LogP contribution is -2.43. The number of carbonyl (C=O) groups excluding carboxylic acids is 1. The predicted octanol–water partition coefficient (Wildman–Crippen LogP) is 4.12. The summed E-state index contributed by atoms with van der Waals surface area (Å²) in [4.78, 5) is 12.6. The van der Waals surface area contributed by atoms with E-state index < -0.39 is 39.5 Å². The van der Waals surface area contributed by atoms with Crippen LogP contribution in [-0.2, 0) is 21.0 Å². The zero-order valence-corrected chi connectivity index (χ0v) is 17.5. The zero-order chi connectivity index (χ0) is 22.8. The van der Waals surface area contributed by atoms with Crippen LogP contribution in [0, 0.1) is 11.7 Å². The van der Waals surface area contributed by atoms with E-state index in [2.05, 4.69) is 5.32 Å². The van der Waals surface area contributed by atoms with Crippen molar-refractivity contribution in [1.29, 1.82) is 0 Å². The minimum absolute atomic E-state index is 0.0185. The average molecular weight is 458 g/mol. The standard InChI is InChI=1S/C21H22F4N2O3S/c1-14(16-3-2-4-17(13-16)21(23,24)25)26-20(28)15-9-11-27(12-10-15)31(29,30)19-7-5-18(22)6-8-19/h2-8,13-15H,9-12H2,1H3,(H,26,28). The fraction of sp³-hybridized carbons (Fsp3) is 0.381. The summed E-state index contributed by atoms with van der Waals surface area (Å²) >= 11 is 0. The summed E-state index contributed by atoms with van der Waals surface area (Å²) in [5, 5.41) is 2.72. The van der Waals surface area contributed by atoms with Gasteiger partial charge in [-0.05, 0) is 61.7 Å². The fourth-order valence-corrected chi connectivity index (χ4v) is 4.98. The van der Waals surface area contributed by atoms with Gasteiger partial charge in [0.15, 0.2) is 0 Å². The summed E-state index contributed by atoms with van der Waals surface area (Å²) in [6.07, 6.45) is -3.91. The Labute approximate surface area is 178 Å². The van der Waals surface area contributed by atoms with Crippen molar-refractivity contribution in [2.75, 3.05) is 13.1 Å². The number of carbonyl (C=O) groups is 1. The molecule has 10 heteroatoms. The lowest BCUT2D eigenvalue weighted by atomic mass is 9.96. The summed E-state index contributed by atoms with van der Waals surface area (Å²) in [6, 6.07) is 8.68. The average Bonchev–Trinajstić information content (AvgIpc) is 2.73. The highest BCUT2D eigenvalue weighted by Crippen LogP contribution is 2.31. The number of hydrogen-bond acceptors (Lipinski definition) is 3. The molecule has 0 radical (unpaired) electrons. The van der Waals surface area contributed by atoms with Gasteiger partial charge in [-0.1, -0.05) is 12.1 Å². The Bertz CT molecular complexity index is 1030. The predicted molar refractivity (Wildman–Crippen MR) is 106 cm³/mol. The van der Waals surface area contributed by atoms with E-state index in [-0.39, 0.29) is 36.7 Å². The maximum absolute atomic E-state index is 13.1. The lowest BCUT2D eigenvalue weighted by molar-refractivity contribution is -0.137. The Morgan fingerprint density at radius 2 is 1.71 bits per heavy atom. The molecule has 1 aliphatic heterocycles. The maximum Gasteiger partial charge on any atom is 0.416 e. The van der Waals surface area contributed by atoms with Gasteiger partial charge in [-0.3, -0.25) is 4.79 Å². The number of rotatable bonds is 5. The van der Waals surface area contributed by atoms with E-state index in [0.717, 1.165) is 24.3 Å². The molecule has 0 bridgehead atoms. The monoisotopic (exact) mass is 458 g/mol. The van der Waals surface area contributed by atoms with Crippen molar-refractivity contribution in [2.24, 2.45) is 5.92 Å². The van der Waals surface area contributed by atoms with Crippen LogP contribution in [0.15, 0.2) is 53.4 Å². The summed E-state index contributed by atoms with van der Waals surface area (Å²) in [6.45, 7) is 1.84. The van der Waals surface area contributed by atoms with Gasteiger partial charge in [0, 0.05) is 19.0 Å². The van der Waals surface area contributed by atoms with Crippen molar-refractivity contribution >= 4 is 15.9 Å². The molecule has 168 valence electrons. The van der Waals surface area contributed by atoms with Crippen LogP contribution < -0.4 is 5.32 Å². The smallest absolute Gasteiger partial charge is 0.349 e.